The van der Waals surface area contributed by atoms with Crippen molar-refractivity contribution in [2.75, 3.05) is 25.0 Å². The number of benzene rings is 1. The summed E-state index contributed by atoms with van der Waals surface area (Å²) in [7, 11) is 0. The molecular weight excluding hydrogens is 302 g/mol. The molecule has 0 aliphatic carbocycles. The first-order valence-electron chi connectivity index (χ1n) is 6.81. The molecule has 7 heteroatoms. The largest absolute Gasteiger partial charge is 0.396 e. The Morgan fingerprint density at radius 2 is 1.86 bits per heavy atom. The smallest absolute Gasteiger partial charge is 0.322 e. The number of aliphatic hydroxyl groups is 1. The molecule has 0 saturated carbocycles. The fraction of sp³-hybridized carbons (Fsp3) is 0.500. The van der Waals surface area contributed by atoms with Crippen molar-refractivity contribution >= 4 is 23.3 Å². The van der Waals surface area contributed by atoms with Crippen LogP contribution in [0.4, 0.5) is 19.3 Å². The van der Waals surface area contributed by atoms with Crippen LogP contribution in [0.15, 0.2) is 12.1 Å². The van der Waals surface area contributed by atoms with Gasteiger partial charge in [-0.05, 0) is 25.0 Å². The maximum atomic E-state index is 13.6. The number of urea groups is 1. The molecule has 21 heavy (non-hydrogen) atoms. The highest BCUT2D eigenvalue weighted by molar-refractivity contribution is 6.30. The number of aliphatic hydroxyl groups excluding tert-OH is 1. The maximum Gasteiger partial charge on any atom is 0.322 e. The fourth-order valence-electron chi connectivity index (χ4n) is 1.77. The summed E-state index contributed by atoms with van der Waals surface area (Å²) in [6.45, 7) is 2.69. The predicted octanol–water partition coefficient (Wildman–Crippen LogP) is 3.63. The van der Waals surface area contributed by atoms with E-state index in [1.54, 1.807) is 0 Å². The average molecular weight is 321 g/mol. The number of carbonyl (C=O) groups excluding carboxylic acids is 1. The average Bonchev–Trinajstić information content (AvgIpc) is 2.42. The molecule has 1 aromatic rings. The Morgan fingerprint density at radius 1 is 1.29 bits per heavy atom. The Hall–Kier alpha value is -1.40. The number of amides is 2. The summed E-state index contributed by atoms with van der Waals surface area (Å²) in [5.41, 5.74) is -0.519. The van der Waals surface area contributed by atoms with E-state index in [1.807, 2.05) is 6.92 Å². The Labute approximate surface area is 127 Å². The van der Waals surface area contributed by atoms with Gasteiger partial charge in [-0.25, -0.2) is 13.6 Å². The number of unbranched alkanes of at least 4 members (excludes halogenated alkanes) is 1. The molecule has 2 N–H and O–H groups in total. The monoisotopic (exact) mass is 320 g/mol. The third kappa shape index (κ3) is 5.47. The van der Waals surface area contributed by atoms with Crippen molar-refractivity contribution in [1.82, 2.24) is 4.90 Å². The fourth-order valence-corrected chi connectivity index (χ4v) is 1.96. The molecule has 1 aromatic carbocycles. The Kier molecular flexibility index (Phi) is 7.39. The zero-order chi connectivity index (χ0) is 15.8. The molecule has 0 bridgehead atoms. The number of halogens is 3. The van der Waals surface area contributed by atoms with Gasteiger partial charge in [-0.15, -0.1) is 0 Å². The lowest BCUT2D eigenvalue weighted by molar-refractivity contribution is 0.200. The van der Waals surface area contributed by atoms with Crippen molar-refractivity contribution in [2.24, 2.45) is 0 Å². The zero-order valence-corrected chi connectivity index (χ0v) is 12.6. The van der Waals surface area contributed by atoms with Gasteiger partial charge in [-0.3, -0.25) is 0 Å². The first-order chi connectivity index (χ1) is 9.99. The minimum absolute atomic E-state index is 0.0560. The van der Waals surface area contributed by atoms with Gasteiger partial charge >= 0.3 is 6.03 Å². The number of nitrogens with zero attached hydrogens (tertiary/aromatic N) is 1. The summed E-state index contributed by atoms with van der Waals surface area (Å²) in [6.07, 6.45) is 2.06. The number of carbonyl (C=O) groups is 1. The van der Waals surface area contributed by atoms with E-state index in [-0.39, 0.29) is 11.6 Å². The van der Waals surface area contributed by atoms with Crippen LogP contribution < -0.4 is 5.32 Å². The second-order valence-electron chi connectivity index (χ2n) is 4.59. The summed E-state index contributed by atoms with van der Waals surface area (Å²) in [6, 6.07) is 1.27. The molecule has 0 radical (unpaired) electrons. The van der Waals surface area contributed by atoms with Crippen LogP contribution in [0, 0.1) is 11.6 Å². The van der Waals surface area contributed by atoms with Crippen LogP contribution in [0.25, 0.3) is 0 Å². The molecule has 0 saturated heterocycles. The predicted molar refractivity (Wildman–Crippen MR) is 78.6 cm³/mol. The van der Waals surface area contributed by atoms with Gasteiger partial charge in [0.1, 0.15) is 5.69 Å². The quantitative estimate of drug-likeness (QED) is 0.806. The van der Waals surface area contributed by atoms with Crippen molar-refractivity contribution in [3.05, 3.63) is 28.8 Å². The van der Waals surface area contributed by atoms with Crippen LogP contribution in [0.5, 0.6) is 0 Å². The maximum absolute atomic E-state index is 13.6. The number of hydrogen-bond acceptors (Lipinski definition) is 2. The molecule has 0 aliphatic rings. The van der Waals surface area contributed by atoms with Crippen molar-refractivity contribution in [3.63, 3.8) is 0 Å². The molecule has 0 spiro atoms. The number of hydrogen-bond donors (Lipinski definition) is 2. The molecule has 0 fully saturated rings. The molecule has 0 atom stereocenters. The van der Waals surface area contributed by atoms with Gasteiger partial charge in [0, 0.05) is 24.7 Å². The minimum atomic E-state index is -0.925. The van der Waals surface area contributed by atoms with Crippen LogP contribution in [-0.2, 0) is 0 Å². The highest BCUT2D eigenvalue weighted by atomic mass is 35.5. The van der Waals surface area contributed by atoms with E-state index in [2.05, 4.69) is 5.32 Å². The van der Waals surface area contributed by atoms with Crippen molar-refractivity contribution < 1.29 is 18.7 Å². The summed E-state index contributed by atoms with van der Waals surface area (Å²) < 4.78 is 27.3. The summed E-state index contributed by atoms with van der Waals surface area (Å²) in [4.78, 5) is 13.5. The Morgan fingerprint density at radius 3 is 2.38 bits per heavy atom. The van der Waals surface area contributed by atoms with Crippen LogP contribution in [0.3, 0.4) is 0 Å². The Bertz CT molecular complexity index is 455. The van der Waals surface area contributed by atoms with Gasteiger partial charge in [0.25, 0.3) is 0 Å². The molecule has 0 aliphatic heterocycles. The van der Waals surface area contributed by atoms with Crippen LogP contribution in [0.1, 0.15) is 26.2 Å². The molecular formula is C14H19ClF2N2O2. The van der Waals surface area contributed by atoms with Crippen molar-refractivity contribution in [3.8, 4) is 0 Å². The molecule has 4 nitrogen and oxygen atoms in total. The highest BCUT2D eigenvalue weighted by Crippen LogP contribution is 2.23. The second-order valence-corrected chi connectivity index (χ2v) is 5.03. The van der Waals surface area contributed by atoms with E-state index in [0.717, 1.165) is 25.0 Å². The summed E-state index contributed by atoms with van der Waals surface area (Å²) in [5.74, 6) is -1.85. The first kappa shape index (κ1) is 17.7. The molecule has 0 unspecified atom stereocenters. The molecule has 0 heterocycles. The van der Waals surface area contributed by atoms with Crippen molar-refractivity contribution in [2.45, 2.75) is 26.2 Å². The molecule has 118 valence electrons. The third-order valence-corrected chi connectivity index (χ3v) is 3.11. The number of anilines is 1. The standard InChI is InChI=1S/C14H19ClF2N2O2/c1-2-3-5-19(6-4-7-20)14(21)18-13-11(16)8-10(15)9-12(13)17/h8-9,20H,2-7H2,1H3,(H,18,21). The van der Waals surface area contributed by atoms with E-state index in [0.29, 0.717) is 19.5 Å². The van der Waals surface area contributed by atoms with Gasteiger partial charge in [0.05, 0.1) is 0 Å². The minimum Gasteiger partial charge on any atom is -0.396 e. The first-order valence-corrected chi connectivity index (χ1v) is 7.18. The normalized spacial score (nSPS) is 10.5. The van der Waals surface area contributed by atoms with Gasteiger partial charge in [-0.2, -0.15) is 0 Å². The molecule has 0 aromatic heterocycles. The summed E-state index contributed by atoms with van der Waals surface area (Å²) in [5, 5.41) is 11.0. The van der Waals surface area contributed by atoms with Gasteiger partial charge in [0.15, 0.2) is 11.6 Å². The molecule has 2 amide bonds. The Balaban J connectivity index is 2.80. The van der Waals surface area contributed by atoms with Crippen LogP contribution in [0.2, 0.25) is 5.02 Å². The number of rotatable bonds is 7. The van der Waals surface area contributed by atoms with E-state index >= 15 is 0 Å². The SMILES string of the molecule is CCCCN(CCCO)C(=O)Nc1c(F)cc(Cl)cc1F. The van der Waals surface area contributed by atoms with Gasteiger partial charge in [-0.1, -0.05) is 24.9 Å². The second kappa shape index (κ2) is 8.79. The highest BCUT2D eigenvalue weighted by Gasteiger charge is 2.18. The zero-order valence-electron chi connectivity index (χ0n) is 11.8. The van der Waals surface area contributed by atoms with Gasteiger partial charge < -0.3 is 15.3 Å². The topological polar surface area (TPSA) is 52.6 Å². The van der Waals surface area contributed by atoms with E-state index in [4.69, 9.17) is 16.7 Å². The molecule has 1 rings (SSSR count). The number of nitrogens with one attached hydrogen (secondary N) is 1. The lowest BCUT2D eigenvalue weighted by Crippen LogP contribution is -2.37. The van der Waals surface area contributed by atoms with Gasteiger partial charge in [0.2, 0.25) is 0 Å². The lowest BCUT2D eigenvalue weighted by Gasteiger charge is -2.23. The van der Waals surface area contributed by atoms with E-state index in [9.17, 15) is 13.6 Å². The van der Waals surface area contributed by atoms with E-state index in [1.165, 1.54) is 4.90 Å². The summed E-state index contributed by atoms with van der Waals surface area (Å²) >= 11 is 5.53. The third-order valence-electron chi connectivity index (χ3n) is 2.89. The lowest BCUT2D eigenvalue weighted by atomic mass is 10.2. The van der Waals surface area contributed by atoms with Crippen LogP contribution >= 0.6 is 11.6 Å². The van der Waals surface area contributed by atoms with Crippen LogP contribution in [-0.4, -0.2) is 35.7 Å². The van der Waals surface area contributed by atoms with E-state index < -0.39 is 23.4 Å². The van der Waals surface area contributed by atoms with Crippen molar-refractivity contribution in [1.29, 1.82) is 0 Å².